The average Bonchev–Trinajstić information content (AvgIpc) is 2.42. The smallest absolute Gasteiger partial charge is 0.123 e. The molecule has 112 valence electrons. The van der Waals surface area contributed by atoms with Crippen molar-refractivity contribution >= 4 is 27.5 Å². The molecule has 0 saturated heterocycles. The van der Waals surface area contributed by atoms with Crippen LogP contribution in [0.1, 0.15) is 36.1 Å². The van der Waals surface area contributed by atoms with Crippen LogP contribution in [0, 0.1) is 12.7 Å². The van der Waals surface area contributed by atoms with Crippen LogP contribution in [0.3, 0.4) is 0 Å². The number of hydrogen-bond acceptors (Lipinski definition) is 1. The number of hydrogen-bond donors (Lipinski definition) is 1. The van der Waals surface area contributed by atoms with Gasteiger partial charge in [0.05, 0.1) is 6.04 Å². The Morgan fingerprint density at radius 2 is 2.00 bits per heavy atom. The zero-order chi connectivity index (χ0) is 15.4. The van der Waals surface area contributed by atoms with E-state index in [2.05, 4.69) is 28.2 Å². The van der Waals surface area contributed by atoms with Gasteiger partial charge in [0.1, 0.15) is 5.82 Å². The van der Waals surface area contributed by atoms with E-state index in [4.69, 9.17) is 11.6 Å². The van der Waals surface area contributed by atoms with E-state index < -0.39 is 0 Å². The fraction of sp³-hybridized carbons (Fsp3) is 0.294. The Morgan fingerprint density at radius 1 is 1.24 bits per heavy atom. The largest absolute Gasteiger partial charge is 0.306 e. The molecule has 1 unspecified atom stereocenters. The van der Waals surface area contributed by atoms with Gasteiger partial charge < -0.3 is 5.32 Å². The SMILES string of the molecule is CCCNC(c1cc(C)cc(F)c1)c1cc(Cl)ccc1Br. The molecule has 1 nitrogen and oxygen atoms in total. The lowest BCUT2D eigenvalue weighted by Gasteiger charge is -2.22. The summed E-state index contributed by atoms with van der Waals surface area (Å²) in [5.41, 5.74) is 2.83. The molecule has 2 aromatic carbocycles. The molecular formula is C17H18BrClFN. The molecule has 0 amide bonds. The van der Waals surface area contributed by atoms with Gasteiger partial charge in [0.15, 0.2) is 0 Å². The van der Waals surface area contributed by atoms with Crippen molar-refractivity contribution in [1.82, 2.24) is 5.32 Å². The summed E-state index contributed by atoms with van der Waals surface area (Å²) in [6.45, 7) is 4.85. The minimum Gasteiger partial charge on any atom is -0.306 e. The van der Waals surface area contributed by atoms with Crippen LogP contribution >= 0.6 is 27.5 Å². The molecule has 2 aromatic rings. The van der Waals surface area contributed by atoms with E-state index in [0.717, 1.165) is 34.1 Å². The fourth-order valence-corrected chi connectivity index (χ4v) is 3.02. The van der Waals surface area contributed by atoms with Crippen molar-refractivity contribution in [2.75, 3.05) is 6.54 Å². The van der Waals surface area contributed by atoms with Crippen molar-refractivity contribution in [2.45, 2.75) is 26.3 Å². The second-order valence-electron chi connectivity index (χ2n) is 5.11. The van der Waals surface area contributed by atoms with Crippen LogP contribution in [-0.4, -0.2) is 6.54 Å². The van der Waals surface area contributed by atoms with Gasteiger partial charge in [-0.15, -0.1) is 0 Å². The molecule has 0 aliphatic heterocycles. The van der Waals surface area contributed by atoms with Crippen LogP contribution in [0.25, 0.3) is 0 Å². The fourth-order valence-electron chi connectivity index (χ4n) is 2.36. The van der Waals surface area contributed by atoms with Gasteiger partial charge in [-0.25, -0.2) is 4.39 Å². The normalized spacial score (nSPS) is 12.4. The Morgan fingerprint density at radius 3 is 2.67 bits per heavy atom. The molecule has 2 rings (SSSR count). The Bertz CT molecular complexity index is 610. The van der Waals surface area contributed by atoms with Crippen molar-refractivity contribution in [2.24, 2.45) is 0 Å². The first-order valence-corrected chi connectivity index (χ1v) is 8.13. The van der Waals surface area contributed by atoms with Gasteiger partial charge in [0.2, 0.25) is 0 Å². The molecule has 0 heterocycles. The molecule has 21 heavy (non-hydrogen) atoms. The highest BCUT2D eigenvalue weighted by Crippen LogP contribution is 2.31. The van der Waals surface area contributed by atoms with Gasteiger partial charge in [0.25, 0.3) is 0 Å². The maximum absolute atomic E-state index is 13.7. The van der Waals surface area contributed by atoms with Gasteiger partial charge in [-0.05, 0) is 66.9 Å². The van der Waals surface area contributed by atoms with Crippen LogP contribution in [0.15, 0.2) is 40.9 Å². The first-order valence-electron chi connectivity index (χ1n) is 6.96. The molecule has 0 bridgehead atoms. The number of halogens is 3. The van der Waals surface area contributed by atoms with E-state index in [-0.39, 0.29) is 11.9 Å². The van der Waals surface area contributed by atoms with Gasteiger partial charge >= 0.3 is 0 Å². The zero-order valence-corrected chi connectivity index (χ0v) is 14.4. The van der Waals surface area contributed by atoms with Crippen molar-refractivity contribution in [3.05, 3.63) is 68.4 Å². The number of aryl methyl sites for hydroxylation is 1. The second kappa shape index (κ2) is 7.39. The van der Waals surface area contributed by atoms with Crippen molar-refractivity contribution < 1.29 is 4.39 Å². The maximum atomic E-state index is 13.7. The molecule has 0 aromatic heterocycles. The van der Waals surface area contributed by atoms with Gasteiger partial charge in [0, 0.05) is 9.50 Å². The summed E-state index contributed by atoms with van der Waals surface area (Å²) >= 11 is 9.69. The van der Waals surface area contributed by atoms with E-state index in [1.165, 1.54) is 6.07 Å². The summed E-state index contributed by atoms with van der Waals surface area (Å²) < 4.78 is 14.7. The monoisotopic (exact) mass is 369 g/mol. The maximum Gasteiger partial charge on any atom is 0.123 e. The highest BCUT2D eigenvalue weighted by atomic mass is 79.9. The minimum absolute atomic E-state index is 0.0903. The topological polar surface area (TPSA) is 12.0 Å². The number of benzene rings is 2. The van der Waals surface area contributed by atoms with E-state index in [0.29, 0.717) is 5.02 Å². The first-order chi connectivity index (χ1) is 10.0. The third-order valence-corrected chi connectivity index (χ3v) is 4.22. The number of nitrogens with one attached hydrogen (secondary N) is 1. The predicted octanol–water partition coefficient (Wildman–Crippen LogP) is 5.64. The molecule has 1 atom stereocenters. The van der Waals surface area contributed by atoms with Crippen molar-refractivity contribution in [3.63, 3.8) is 0 Å². The third-order valence-electron chi connectivity index (χ3n) is 3.27. The molecule has 1 N–H and O–H groups in total. The van der Waals surface area contributed by atoms with Gasteiger partial charge in [-0.3, -0.25) is 0 Å². The summed E-state index contributed by atoms with van der Waals surface area (Å²) in [6.07, 6.45) is 1.00. The van der Waals surface area contributed by atoms with Crippen LogP contribution in [-0.2, 0) is 0 Å². The summed E-state index contributed by atoms with van der Waals surface area (Å²) in [5, 5.41) is 4.14. The van der Waals surface area contributed by atoms with E-state index in [1.54, 1.807) is 6.07 Å². The predicted molar refractivity (Wildman–Crippen MR) is 90.4 cm³/mol. The Hall–Kier alpha value is -0.900. The van der Waals surface area contributed by atoms with Crippen molar-refractivity contribution in [3.8, 4) is 0 Å². The molecule has 0 spiro atoms. The Kier molecular flexibility index (Phi) is 5.80. The lowest BCUT2D eigenvalue weighted by Crippen LogP contribution is -2.23. The van der Waals surface area contributed by atoms with Crippen LogP contribution in [0.4, 0.5) is 4.39 Å². The Balaban J connectivity index is 2.49. The van der Waals surface area contributed by atoms with Gasteiger partial charge in [-0.1, -0.05) is 40.5 Å². The lowest BCUT2D eigenvalue weighted by atomic mass is 9.97. The van der Waals surface area contributed by atoms with E-state index in [9.17, 15) is 4.39 Å². The molecule has 4 heteroatoms. The molecule has 0 fully saturated rings. The van der Waals surface area contributed by atoms with Gasteiger partial charge in [-0.2, -0.15) is 0 Å². The highest BCUT2D eigenvalue weighted by molar-refractivity contribution is 9.10. The quantitative estimate of drug-likeness (QED) is 0.718. The van der Waals surface area contributed by atoms with E-state index >= 15 is 0 Å². The second-order valence-corrected chi connectivity index (χ2v) is 6.41. The summed E-state index contributed by atoms with van der Waals surface area (Å²) in [5.74, 6) is -0.216. The molecule has 0 aliphatic carbocycles. The summed E-state index contributed by atoms with van der Waals surface area (Å²) in [4.78, 5) is 0. The minimum atomic E-state index is -0.216. The standard InChI is InChI=1S/C17H18BrClFN/c1-3-6-21-17(12-7-11(2)8-14(20)9-12)15-10-13(19)4-5-16(15)18/h4-5,7-10,17,21H,3,6H2,1-2H3. The molecule has 0 saturated carbocycles. The van der Waals surface area contributed by atoms with Crippen LogP contribution < -0.4 is 5.32 Å². The van der Waals surface area contributed by atoms with Crippen molar-refractivity contribution in [1.29, 1.82) is 0 Å². The van der Waals surface area contributed by atoms with Crippen LogP contribution in [0.5, 0.6) is 0 Å². The number of rotatable bonds is 5. The molecular weight excluding hydrogens is 353 g/mol. The average molecular weight is 371 g/mol. The molecule has 0 radical (unpaired) electrons. The lowest BCUT2D eigenvalue weighted by molar-refractivity contribution is 0.583. The Labute approximate surface area is 138 Å². The first kappa shape index (κ1) is 16.5. The third kappa shape index (κ3) is 4.29. The zero-order valence-electron chi connectivity index (χ0n) is 12.1. The molecule has 0 aliphatic rings. The highest BCUT2D eigenvalue weighted by Gasteiger charge is 2.17. The van der Waals surface area contributed by atoms with Crippen LogP contribution in [0.2, 0.25) is 5.02 Å². The van der Waals surface area contributed by atoms with E-state index in [1.807, 2.05) is 31.2 Å². The summed E-state index contributed by atoms with van der Waals surface area (Å²) in [6, 6.07) is 10.7. The summed E-state index contributed by atoms with van der Waals surface area (Å²) in [7, 11) is 0.